The van der Waals surface area contributed by atoms with Crippen LogP contribution in [0.1, 0.15) is 31.4 Å². The van der Waals surface area contributed by atoms with Gasteiger partial charge in [0.05, 0.1) is 0 Å². The first-order chi connectivity index (χ1) is 10.1. The fourth-order valence-electron chi connectivity index (χ4n) is 3.26. The molecule has 5 heteroatoms. The third kappa shape index (κ3) is 5.41. The van der Waals surface area contributed by atoms with Crippen molar-refractivity contribution < 1.29 is 0 Å². The monoisotopic (exact) mass is 416 g/mol. The van der Waals surface area contributed by atoms with E-state index in [1.54, 1.807) is 0 Å². The lowest BCUT2D eigenvalue weighted by Gasteiger charge is -2.37. The number of halogens is 1. The van der Waals surface area contributed by atoms with E-state index in [2.05, 4.69) is 47.0 Å². The third-order valence-corrected chi connectivity index (χ3v) is 4.19. The van der Waals surface area contributed by atoms with Crippen LogP contribution in [0.5, 0.6) is 0 Å². The second-order valence-electron chi connectivity index (χ2n) is 6.38. The maximum absolute atomic E-state index is 4.45. The van der Waals surface area contributed by atoms with E-state index in [4.69, 9.17) is 0 Å². The third-order valence-electron chi connectivity index (χ3n) is 4.19. The van der Waals surface area contributed by atoms with E-state index >= 15 is 0 Å². The van der Waals surface area contributed by atoms with Gasteiger partial charge in [-0.25, -0.2) is 0 Å². The van der Waals surface area contributed by atoms with E-state index in [9.17, 15) is 0 Å². The minimum absolute atomic E-state index is 0. The van der Waals surface area contributed by atoms with Gasteiger partial charge in [0, 0.05) is 39.1 Å². The van der Waals surface area contributed by atoms with Crippen molar-refractivity contribution in [3.63, 3.8) is 0 Å². The van der Waals surface area contributed by atoms with Crippen molar-refractivity contribution in [2.24, 2.45) is 16.8 Å². The molecule has 124 valence electrons. The second kappa shape index (κ2) is 9.33. The molecule has 1 saturated heterocycles. The Hall–Kier alpha value is -0.850. The zero-order chi connectivity index (χ0) is 15.2. The molecule has 22 heavy (non-hydrogen) atoms. The molecular formula is C17H29IN4. The van der Waals surface area contributed by atoms with Gasteiger partial charge in [0.2, 0.25) is 0 Å². The van der Waals surface area contributed by atoms with Crippen LogP contribution in [0.15, 0.2) is 23.5 Å². The fraction of sp³-hybridized carbons (Fsp3) is 0.647. The van der Waals surface area contributed by atoms with E-state index < -0.39 is 0 Å². The average molecular weight is 416 g/mol. The van der Waals surface area contributed by atoms with Crippen LogP contribution < -0.4 is 5.32 Å². The van der Waals surface area contributed by atoms with E-state index in [1.165, 1.54) is 17.5 Å². The zero-order valence-corrected chi connectivity index (χ0v) is 16.5. The molecule has 0 radical (unpaired) electrons. The summed E-state index contributed by atoms with van der Waals surface area (Å²) in [4.78, 5) is 11.0. The molecule has 1 aliphatic rings. The van der Waals surface area contributed by atoms with Crippen LogP contribution in [0.4, 0.5) is 0 Å². The Bertz CT molecular complexity index is 479. The standard InChI is InChI=1S/C17H28N4.HI/c1-13-9-14(2)12-21(11-13)17(18-4)20-8-6-16-5-7-19-10-15(16)3;/h5,7,10,13-14H,6,8-9,11-12H2,1-4H3,(H,18,20);1H. The number of aryl methyl sites for hydroxylation is 1. The number of pyridine rings is 1. The fourth-order valence-corrected chi connectivity index (χ4v) is 3.26. The molecule has 0 bridgehead atoms. The summed E-state index contributed by atoms with van der Waals surface area (Å²) >= 11 is 0. The SMILES string of the molecule is CN=C(NCCc1ccncc1C)N1CC(C)CC(C)C1.I. The summed E-state index contributed by atoms with van der Waals surface area (Å²) in [6, 6.07) is 2.10. The molecule has 0 saturated carbocycles. The van der Waals surface area contributed by atoms with Crippen molar-refractivity contribution in [2.45, 2.75) is 33.6 Å². The summed E-state index contributed by atoms with van der Waals surface area (Å²) in [7, 11) is 1.88. The van der Waals surface area contributed by atoms with Crippen LogP contribution in [0.2, 0.25) is 0 Å². The van der Waals surface area contributed by atoms with E-state index in [0.29, 0.717) is 0 Å². The van der Waals surface area contributed by atoms with E-state index in [0.717, 1.165) is 43.9 Å². The highest BCUT2D eigenvalue weighted by Crippen LogP contribution is 2.20. The molecule has 0 aliphatic carbocycles. The van der Waals surface area contributed by atoms with Crippen molar-refractivity contribution in [1.29, 1.82) is 0 Å². The Morgan fingerprint density at radius 2 is 2.05 bits per heavy atom. The molecule has 1 fully saturated rings. The number of aliphatic imine (C=N–C) groups is 1. The lowest BCUT2D eigenvalue weighted by Crippen LogP contribution is -2.48. The maximum Gasteiger partial charge on any atom is 0.193 e. The summed E-state index contributed by atoms with van der Waals surface area (Å²) in [5.41, 5.74) is 2.61. The van der Waals surface area contributed by atoms with Crippen molar-refractivity contribution in [3.05, 3.63) is 29.6 Å². The molecule has 0 aromatic carbocycles. The van der Waals surface area contributed by atoms with Gasteiger partial charge in [-0.3, -0.25) is 9.98 Å². The number of aromatic nitrogens is 1. The highest BCUT2D eigenvalue weighted by molar-refractivity contribution is 14.0. The number of piperidine rings is 1. The molecule has 2 atom stereocenters. The van der Waals surface area contributed by atoms with Crippen LogP contribution in [0.25, 0.3) is 0 Å². The minimum atomic E-state index is 0. The zero-order valence-electron chi connectivity index (χ0n) is 14.2. The number of hydrogen-bond acceptors (Lipinski definition) is 2. The van der Waals surface area contributed by atoms with Crippen molar-refractivity contribution in [3.8, 4) is 0 Å². The molecule has 1 aromatic heterocycles. The summed E-state index contributed by atoms with van der Waals surface area (Å²) in [5.74, 6) is 2.53. The number of rotatable bonds is 3. The summed E-state index contributed by atoms with van der Waals surface area (Å²) in [6.45, 7) is 9.91. The summed E-state index contributed by atoms with van der Waals surface area (Å²) < 4.78 is 0. The van der Waals surface area contributed by atoms with Crippen molar-refractivity contribution >= 4 is 29.9 Å². The van der Waals surface area contributed by atoms with Gasteiger partial charge in [-0.1, -0.05) is 13.8 Å². The minimum Gasteiger partial charge on any atom is -0.356 e. The van der Waals surface area contributed by atoms with Gasteiger partial charge in [0.15, 0.2) is 5.96 Å². The van der Waals surface area contributed by atoms with Crippen LogP contribution >= 0.6 is 24.0 Å². The van der Waals surface area contributed by atoms with Crippen LogP contribution in [-0.2, 0) is 6.42 Å². The summed E-state index contributed by atoms with van der Waals surface area (Å²) in [5, 5.41) is 3.51. The quantitative estimate of drug-likeness (QED) is 0.468. The highest BCUT2D eigenvalue weighted by atomic mass is 127. The molecule has 1 N–H and O–H groups in total. The molecule has 0 amide bonds. The molecule has 1 aromatic rings. The Balaban J connectivity index is 0.00000242. The number of nitrogens with zero attached hydrogens (tertiary/aromatic N) is 3. The van der Waals surface area contributed by atoms with Crippen LogP contribution in [-0.4, -0.2) is 42.5 Å². The lowest BCUT2D eigenvalue weighted by atomic mass is 9.92. The predicted octanol–water partition coefficient (Wildman–Crippen LogP) is 3.10. The Kier molecular flexibility index (Phi) is 8.14. The molecule has 2 unspecified atom stereocenters. The number of nitrogens with one attached hydrogen (secondary N) is 1. The largest absolute Gasteiger partial charge is 0.356 e. The molecule has 4 nitrogen and oxygen atoms in total. The summed E-state index contributed by atoms with van der Waals surface area (Å²) in [6.07, 6.45) is 6.12. The van der Waals surface area contributed by atoms with E-state index in [-0.39, 0.29) is 24.0 Å². The molecule has 2 heterocycles. The molecule has 1 aliphatic heterocycles. The van der Waals surface area contributed by atoms with E-state index in [1.807, 2.05) is 19.4 Å². The Morgan fingerprint density at radius 3 is 2.64 bits per heavy atom. The number of guanidine groups is 1. The first-order valence-corrected chi connectivity index (χ1v) is 7.95. The van der Waals surface area contributed by atoms with Crippen molar-refractivity contribution in [1.82, 2.24) is 15.2 Å². The smallest absolute Gasteiger partial charge is 0.193 e. The maximum atomic E-state index is 4.45. The number of likely N-dealkylation sites (tertiary alicyclic amines) is 1. The van der Waals surface area contributed by atoms with Crippen LogP contribution in [0.3, 0.4) is 0 Å². The Morgan fingerprint density at radius 1 is 1.36 bits per heavy atom. The normalized spacial score (nSPS) is 22.2. The number of hydrogen-bond donors (Lipinski definition) is 1. The average Bonchev–Trinajstić information content (AvgIpc) is 2.44. The van der Waals surface area contributed by atoms with Gasteiger partial charge in [-0.15, -0.1) is 24.0 Å². The van der Waals surface area contributed by atoms with Gasteiger partial charge in [-0.05, 0) is 48.8 Å². The molecule has 2 rings (SSSR count). The van der Waals surface area contributed by atoms with Crippen molar-refractivity contribution in [2.75, 3.05) is 26.7 Å². The topological polar surface area (TPSA) is 40.5 Å². The first-order valence-electron chi connectivity index (χ1n) is 7.95. The van der Waals surface area contributed by atoms with Gasteiger partial charge < -0.3 is 10.2 Å². The highest BCUT2D eigenvalue weighted by Gasteiger charge is 2.23. The predicted molar refractivity (Wildman–Crippen MR) is 104 cm³/mol. The second-order valence-corrected chi connectivity index (χ2v) is 6.38. The molecular weight excluding hydrogens is 387 g/mol. The van der Waals surface area contributed by atoms with Gasteiger partial charge in [-0.2, -0.15) is 0 Å². The lowest BCUT2D eigenvalue weighted by molar-refractivity contribution is 0.208. The first kappa shape index (κ1) is 19.2. The van der Waals surface area contributed by atoms with Gasteiger partial charge >= 0.3 is 0 Å². The van der Waals surface area contributed by atoms with Gasteiger partial charge in [0.1, 0.15) is 0 Å². The van der Waals surface area contributed by atoms with Gasteiger partial charge in [0.25, 0.3) is 0 Å². The Labute approximate surface area is 151 Å². The van der Waals surface area contributed by atoms with Crippen LogP contribution in [0, 0.1) is 18.8 Å². The molecule has 0 spiro atoms.